The topological polar surface area (TPSA) is 34.4 Å². The molecule has 0 saturated heterocycles. The molecule has 0 bridgehead atoms. The van der Waals surface area contributed by atoms with Gasteiger partial charge in [-0.1, -0.05) is 95.7 Å². The number of hydrogen-bond donors (Lipinski definition) is 0. The smallest absolute Gasteiger partial charge is 0.281 e. The van der Waals surface area contributed by atoms with Crippen LogP contribution in [-0.2, 0) is 7.05 Å². The summed E-state index contributed by atoms with van der Waals surface area (Å²) in [6, 6.07) is 27.3. The summed E-state index contributed by atoms with van der Waals surface area (Å²) in [6.07, 6.45) is 0. The lowest BCUT2D eigenvalue weighted by Gasteiger charge is -2.07. The molecule has 0 aliphatic heterocycles. The van der Waals surface area contributed by atoms with Crippen molar-refractivity contribution < 1.29 is 4.79 Å². The van der Waals surface area contributed by atoms with Gasteiger partial charge in [0.2, 0.25) is 0 Å². The molecule has 4 aromatic rings. The van der Waals surface area contributed by atoms with Crippen LogP contribution >= 0.6 is 22.9 Å². The summed E-state index contributed by atoms with van der Waals surface area (Å²) in [5, 5.41) is 0.405. The summed E-state index contributed by atoms with van der Waals surface area (Å²) in [4.78, 5) is 18.8. The first-order valence-electron chi connectivity index (χ1n) is 8.79. The van der Waals surface area contributed by atoms with Crippen LogP contribution in [-0.4, -0.2) is 10.5 Å². The minimum Gasteiger partial charge on any atom is -0.319 e. The number of halogens is 1. The second-order valence-corrected chi connectivity index (χ2v) is 7.63. The van der Waals surface area contributed by atoms with Crippen molar-refractivity contribution in [2.75, 3.05) is 0 Å². The molecule has 138 valence electrons. The third-order valence-corrected chi connectivity index (χ3v) is 5.93. The minimum absolute atomic E-state index is 0.346. The van der Waals surface area contributed by atoms with Gasteiger partial charge in [-0.2, -0.15) is 4.99 Å². The summed E-state index contributed by atoms with van der Waals surface area (Å²) in [7, 11) is 1.93. The number of nitrogens with zero attached hydrogens (tertiary/aromatic N) is 2. The maximum Gasteiger partial charge on any atom is 0.281 e. The lowest BCUT2D eigenvalue weighted by Crippen LogP contribution is -2.14. The summed E-state index contributed by atoms with van der Waals surface area (Å²) >= 11 is 7.66. The monoisotopic (exact) mass is 404 g/mol. The van der Waals surface area contributed by atoms with Gasteiger partial charge >= 0.3 is 0 Å². The van der Waals surface area contributed by atoms with Gasteiger partial charge in [0.15, 0.2) is 4.80 Å². The van der Waals surface area contributed by atoms with E-state index in [9.17, 15) is 4.79 Å². The zero-order chi connectivity index (χ0) is 19.5. The Labute approximate surface area is 172 Å². The van der Waals surface area contributed by atoms with Crippen LogP contribution in [0.15, 0.2) is 89.9 Å². The average molecular weight is 405 g/mol. The number of thiazole rings is 1. The molecule has 3 nitrogen and oxygen atoms in total. The van der Waals surface area contributed by atoms with Crippen molar-refractivity contribution in [3.8, 4) is 21.7 Å². The molecule has 0 fully saturated rings. The molecule has 3 aromatic carbocycles. The first-order chi connectivity index (χ1) is 13.6. The number of hydrogen-bond acceptors (Lipinski definition) is 2. The fraction of sp³-hybridized carbons (Fsp3) is 0.0435. The first kappa shape index (κ1) is 18.4. The maximum absolute atomic E-state index is 12.7. The molecule has 5 heteroatoms. The summed E-state index contributed by atoms with van der Waals surface area (Å²) in [6.45, 7) is 0. The zero-order valence-corrected chi connectivity index (χ0v) is 16.7. The molecule has 28 heavy (non-hydrogen) atoms. The molecule has 1 heterocycles. The van der Waals surface area contributed by atoms with Gasteiger partial charge in [0.25, 0.3) is 5.91 Å². The number of carbonyl (C=O) groups excluding carboxylic acids is 1. The molecule has 4 rings (SSSR count). The Morgan fingerprint density at radius 1 is 0.857 bits per heavy atom. The van der Waals surface area contributed by atoms with E-state index in [-0.39, 0.29) is 5.91 Å². The molecule has 0 atom stereocenters. The molecular weight excluding hydrogens is 388 g/mol. The van der Waals surface area contributed by atoms with Crippen LogP contribution in [0.3, 0.4) is 0 Å². The summed E-state index contributed by atoms with van der Waals surface area (Å²) in [5.74, 6) is -0.346. The molecule has 0 aliphatic carbocycles. The van der Waals surface area contributed by atoms with E-state index in [1.165, 1.54) is 11.3 Å². The molecule has 0 spiro atoms. The Kier molecular flexibility index (Phi) is 5.24. The molecular formula is C23H17ClN2OS. The lowest BCUT2D eigenvalue weighted by molar-refractivity contribution is 0.0998. The van der Waals surface area contributed by atoms with E-state index in [4.69, 9.17) is 11.6 Å². The quantitative estimate of drug-likeness (QED) is 0.424. The fourth-order valence-electron chi connectivity index (χ4n) is 3.04. The molecule has 1 aromatic heterocycles. The van der Waals surface area contributed by atoms with Gasteiger partial charge in [0, 0.05) is 7.05 Å². The number of amides is 1. The van der Waals surface area contributed by atoms with Crippen molar-refractivity contribution in [2.45, 2.75) is 0 Å². The SMILES string of the molecule is Cn1c(-c2ccccc2)c(-c2ccccc2)sc1=NC(=O)c1ccccc1Cl. The molecule has 0 radical (unpaired) electrons. The van der Waals surface area contributed by atoms with Crippen molar-refractivity contribution >= 4 is 28.8 Å². The van der Waals surface area contributed by atoms with E-state index in [0.717, 1.165) is 21.7 Å². The first-order valence-corrected chi connectivity index (χ1v) is 9.99. The van der Waals surface area contributed by atoms with E-state index in [1.54, 1.807) is 24.3 Å². The highest BCUT2D eigenvalue weighted by atomic mass is 35.5. The van der Waals surface area contributed by atoms with E-state index in [1.807, 2.05) is 48.0 Å². The highest BCUT2D eigenvalue weighted by Crippen LogP contribution is 2.34. The Balaban J connectivity index is 1.92. The molecule has 0 N–H and O–H groups in total. The Morgan fingerprint density at radius 2 is 1.43 bits per heavy atom. The molecule has 0 saturated carbocycles. The standard InChI is InChI=1S/C23H17ClN2OS/c1-26-20(16-10-4-2-5-11-16)21(17-12-6-3-7-13-17)28-23(26)25-22(27)18-14-8-9-15-19(18)24/h2-15H,1H3. The van der Waals surface area contributed by atoms with Gasteiger partial charge < -0.3 is 4.57 Å². The van der Waals surface area contributed by atoms with E-state index >= 15 is 0 Å². The number of aromatic nitrogens is 1. The van der Waals surface area contributed by atoms with Crippen LogP contribution in [0.25, 0.3) is 21.7 Å². The highest BCUT2D eigenvalue weighted by Gasteiger charge is 2.16. The predicted molar refractivity (Wildman–Crippen MR) is 116 cm³/mol. The van der Waals surface area contributed by atoms with Gasteiger partial charge in [-0.05, 0) is 23.3 Å². The number of rotatable bonds is 3. The molecule has 0 aliphatic rings. The van der Waals surface area contributed by atoms with Crippen molar-refractivity contribution in [3.63, 3.8) is 0 Å². The summed E-state index contributed by atoms with van der Waals surface area (Å²) in [5.41, 5.74) is 3.60. The Bertz CT molecular complexity index is 1190. The highest BCUT2D eigenvalue weighted by molar-refractivity contribution is 7.13. The fourth-order valence-corrected chi connectivity index (χ4v) is 4.40. The Hall–Kier alpha value is -2.95. The van der Waals surface area contributed by atoms with Gasteiger partial charge in [0.05, 0.1) is 21.2 Å². The number of carbonyl (C=O) groups is 1. The minimum atomic E-state index is -0.346. The third kappa shape index (κ3) is 3.57. The van der Waals surface area contributed by atoms with Crippen LogP contribution in [0.5, 0.6) is 0 Å². The van der Waals surface area contributed by atoms with Gasteiger partial charge in [-0.25, -0.2) is 0 Å². The van der Waals surface area contributed by atoms with E-state index < -0.39 is 0 Å². The number of benzene rings is 3. The zero-order valence-electron chi connectivity index (χ0n) is 15.2. The van der Waals surface area contributed by atoms with E-state index in [2.05, 4.69) is 29.3 Å². The normalized spacial score (nSPS) is 11.6. The van der Waals surface area contributed by atoms with Crippen molar-refractivity contribution in [3.05, 3.63) is 100 Å². The molecule has 0 unspecified atom stereocenters. The van der Waals surface area contributed by atoms with Crippen LogP contribution in [0.1, 0.15) is 10.4 Å². The van der Waals surface area contributed by atoms with Crippen LogP contribution in [0.4, 0.5) is 0 Å². The van der Waals surface area contributed by atoms with Gasteiger partial charge in [0.1, 0.15) is 0 Å². The van der Waals surface area contributed by atoms with E-state index in [0.29, 0.717) is 15.4 Å². The second-order valence-electron chi connectivity index (χ2n) is 6.25. The third-order valence-electron chi connectivity index (χ3n) is 4.42. The van der Waals surface area contributed by atoms with Crippen molar-refractivity contribution in [2.24, 2.45) is 12.0 Å². The van der Waals surface area contributed by atoms with Gasteiger partial charge in [-0.3, -0.25) is 4.79 Å². The lowest BCUT2D eigenvalue weighted by atomic mass is 10.1. The van der Waals surface area contributed by atoms with Crippen molar-refractivity contribution in [1.82, 2.24) is 4.57 Å². The predicted octanol–water partition coefficient (Wildman–Crippen LogP) is 5.82. The van der Waals surface area contributed by atoms with Crippen LogP contribution in [0, 0.1) is 0 Å². The van der Waals surface area contributed by atoms with Gasteiger partial charge in [-0.15, -0.1) is 0 Å². The Morgan fingerprint density at radius 3 is 2.07 bits per heavy atom. The largest absolute Gasteiger partial charge is 0.319 e. The second kappa shape index (κ2) is 7.97. The average Bonchev–Trinajstić information content (AvgIpc) is 3.05. The summed E-state index contributed by atoms with van der Waals surface area (Å²) < 4.78 is 1.97. The van der Waals surface area contributed by atoms with Crippen LogP contribution < -0.4 is 4.80 Å². The molecule has 1 amide bonds. The van der Waals surface area contributed by atoms with Crippen molar-refractivity contribution in [1.29, 1.82) is 0 Å². The van der Waals surface area contributed by atoms with Crippen LogP contribution in [0.2, 0.25) is 5.02 Å². The maximum atomic E-state index is 12.7.